The van der Waals surface area contributed by atoms with E-state index in [2.05, 4.69) is 25.0 Å². The van der Waals surface area contributed by atoms with Crippen molar-refractivity contribution >= 4 is 10.9 Å². The number of aryl methyl sites for hydroxylation is 1. The van der Waals surface area contributed by atoms with E-state index >= 15 is 0 Å². The van der Waals surface area contributed by atoms with Crippen LogP contribution in [0.15, 0.2) is 55.2 Å². The molecule has 6 heteroatoms. The highest BCUT2D eigenvalue weighted by Crippen LogP contribution is 2.19. The second kappa shape index (κ2) is 5.00. The van der Waals surface area contributed by atoms with Gasteiger partial charge in [-0.1, -0.05) is 0 Å². The first kappa shape index (κ1) is 12.6. The second-order valence-electron chi connectivity index (χ2n) is 4.93. The fourth-order valence-electron chi connectivity index (χ4n) is 2.24. The maximum atomic E-state index is 4.51. The highest BCUT2D eigenvalue weighted by molar-refractivity contribution is 5.81. The minimum atomic E-state index is 0.621. The molecule has 0 atom stereocenters. The van der Waals surface area contributed by atoms with Gasteiger partial charge in [0, 0.05) is 29.7 Å². The smallest absolute Gasteiger partial charge is 0.178 e. The molecule has 0 spiro atoms. The van der Waals surface area contributed by atoms with E-state index < -0.39 is 0 Å². The van der Waals surface area contributed by atoms with Gasteiger partial charge in [0.1, 0.15) is 11.2 Å². The van der Waals surface area contributed by atoms with Gasteiger partial charge in [-0.15, -0.1) is 0 Å². The van der Waals surface area contributed by atoms with Crippen molar-refractivity contribution < 1.29 is 0 Å². The lowest BCUT2D eigenvalue weighted by molar-refractivity contribution is 0.888. The highest BCUT2D eigenvalue weighted by atomic mass is 15.3. The third-order valence-corrected chi connectivity index (χ3v) is 3.33. The molecular formula is C16H12N6. The molecule has 6 nitrogen and oxygen atoms in total. The van der Waals surface area contributed by atoms with Crippen LogP contribution in [0.3, 0.4) is 0 Å². The highest BCUT2D eigenvalue weighted by Gasteiger charge is 2.08. The Labute approximate surface area is 126 Å². The maximum Gasteiger partial charge on any atom is 0.178 e. The summed E-state index contributed by atoms with van der Waals surface area (Å²) in [6.07, 6.45) is 8.94. The van der Waals surface area contributed by atoms with Crippen molar-refractivity contribution in [2.45, 2.75) is 6.92 Å². The van der Waals surface area contributed by atoms with Crippen molar-refractivity contribution in [2.75, 3.05) is 0 Å². The van der Waals surface area contributed by atoms with Crippen LogP contribution < -0.4 is 0 Å². The lowest BCUT2D eigenvalue weighted by Gasteiger charge is -1.99. The van der Waals surface area contributed by atoms with Crippen LogP contribution >= 0.6 is 0 Å². The molecule has 0 saturated heterocycles. The molecule has 0 saturated carbocycles. The van der Waals surface area contributed by atoms with Gasteiger partial charge in [-0.05, 0) is 31.2 Å². The van der Waals surface area contributed by atoms with Crippen molar-refractivity contribution in [3.05, 3.63) is 60.9 Å². The minimum absolute atomic E-state index is 0.621. The third kappa shape index (κ3) is 2.20. The van der Waals surface area contributed by atoms with Gasteiger partial charge >= 0.3 is 0 Å². The number of pyridine rings is 2. The summed E-state index contributed by atoms with van der Waals surface area (Å²) in [7, 11) is 0. The van der Waals surface area contributed by atoms with E-state index in [4.69, 9.17) is 0 Å². The molecule has 0 aromatic carbocycles. The van der Waals surface area contributed by atoms with E-state index in [1.54, 1.807) is 29.5 Å². The van der Waals surface area contributed by atoms with Gasteiger partial charge in [-0.3, -0.25) is 9.97 Å². The second-order valence-corrected chi connectivity index (χ2v) is 4.93. The maximum absolute atomic E-state index is 4.51. The van der Waals surface area contributed by atoms with Gasteiger partial charge in [0.05, 0.1) is 18.1 Å². The molecule has 0 bridgehead atoms. The first-order valence-corrected chi connectivity index (χ1v) is 6.85. The largest absolute Gasteiger partial charge is 0.262 e. The van der Waals surface area contributed by atoms with Crippen LogP contribution in [0, 0.1) is 6.92 Å². The van der Waals surface area contributed by atoms with Crippen molar-refractivity contribution in [2.24, 2.45) is 0 Å². The van der Waals surface area contributed by atoms with Gasteiger partial charge in [0.2, 0.25) is 0 Å². The van der Waals surface area contributed by atoms with Gasteiger partial charge in [0.25, 0.3) is 0 Å². The Morgan fingerprint density at radius 1 is 1.05 bits per heavy atom. The van der Waals surface area contributed by atoms with E-state index in [0.29, 0.717) is 5.82 Å². The fourth-order valence-corrected chi connectivity index (χ4v) is 2.24. The Hall–Kier alpha value is -3.15. The first-order valence-electron chi connectivity index (χ1n) is 6.85. The molecule has 0 aliphatic heterocycles. The SMILES string of the molecule is Cc1ccnc(-c2cc3cn(-c4cccnc4)nc3cn2)n1. The lowest BCUT2D eigenvalue weighted by Crippen LogP contribution is -1.94. The van der Waals surface area contributed by atoms with Gasteiger partial charge in [0.15, 0.2) is 5.82 Å². The molecule has 0 aliphatic rings. The number of aromatic nitrogens is 6. The zero-order valence-corrected chi connectivity index (χ0v) is 11.9. The Bertz CT molecular complexity index is 945. The monoisotopic (exact) mass is 288 g/mol. The summed E-state index contributed by atoms with van der Waals surface area (Å²) in [5.74, 6) is 0.621. The van der Waals surface area contributed by atoms with Crippen LogP contribution in [0.2, 0.25) is 0 Å². The number of fused-ring (bicyclic) bond motifs is 1. The Balaban J connectivity index is 1.82. The molecule has 0 radical (unpaired) electrons. The van der Waals surface area contributed by atoms with E-state index in [9.17, 15) is 0 Å². The molecule has 22 heavy (non-hydrogen) atoms. The molecule has 4 aromatic heterocycles. The van der Waals surface area contributed by atoms with Crippen LogP contribution in [-0.4, -0.2) is 29.7 Å². The van der Waals surface area contributed by atoms with Crippen molar-refractivity contribution in [3.63, 3.8) is 0 Å². The third-order valence-electron chi connectivity index (χ3n) is 3.33. The molecule has 106 valence electrons. The van der Waals surface area contributed by atoms with Crippen LogP contribution in [-0.2, 0) is 0 Å². The van der Waals surface area contributed by atoms with Crippen molar-refractivity contribution in [1.82, 2.24) is 29.7 Å². The number of hydrogen-bond acceptors (Lipinski definition) is 5. The first-order chi connectivity index (χ1) is 10.8. The molecular weight excluding hydrogens is 276 g/mol. The average Bonchev–Trinajstić information content (AvgIpc) is 2.99. The molecule has 4 aromatic rings. The normalized spacial score (nSPS) is 11.0. The predicted octanol–water partition coefficient (Wildman–Crippen LogP) is 2.58. The van der Waals surface area contributed by atoms with Crippen LogP contribution in [0.25, 0.3) is 28.1 Å². The molecule has 0 aliphatic carbocycles. The van der Waals surface area contributed by atoms with Crippen LogP contribution in [0.5, 0.6) is 0 Å². The standard InChI is InChI=1S/C16H12N6/c1-11-4-6-18-16(20-11)14-7-12-10-22(21-15(12)9-19-14)13-3-2-5-17-8-13/h2-10H,1H3. The van der Waals surface area contributed by atoms with Gasteiger partial charge in [-0.2, -0.15) is 5.10 Å². The fraction of sp³-hybridized carbons (Fsp3) is 0.0625. The molecule has 4 heterocycles. The average molecular weight is 288 g/mol. The molecule has 0 N–H and O–H groups in total. The number of nitrogens with zero attached hydrogens (tertiary/aromatic N) is 6. The summed E-state index contributed by atoms with van der Waals surface area (Å²) in [6, 6.07) is 7.65. The summed E-state index contributed by atoms with van der Waals surface area (Å²) in [4.78, 5) is 17.2. The Morgan fingerprint density at radius 2 is 2.00 bits per heavy atom. The topological polar surface area (TPSA) is 69.4 Å². The molecule has 4 rings (SSSR count). The molecule has 0 amide bonds. The van der Waals surface area contributed by atoms with Gasteiger partial charge < -0.3 is 0 Å². The minimum Gasteiger partial charge on any atom is -0.262 e. The van der Waals surface area contributed by atoms with E-state index in [1.807, 2.05) is 37.4 Å². The Kier molecular flexibility index (Phi) is 2.86. The van der Waals surface area contributed by atoms with Crippen molar-refractivity contribution in [3.8, 4) is 17.2 Å². The van der Waals surface area contributed by atoms with Crippen molar-refractivity contribution in [1.29, 1.82) is 0 Å². The summed E-state index contributed by atoms with van der Waals surface area (Å²) in [5, 5.41) is 5.49. The van der Waals surface area contributed by atoms with Crippen LogP contribution in [0.1, 0.15) is 5.69 Å². The number of hydrogen-bond donors (Lipinski definition) is 0. The summed E-state index contributed by atoms with van der Waals surface area (Å²) in [6.45, 7) is 1.93. The van der Waals surface area contributed by atoms with Gasteiger partial charge in [-0.25, -0.2) is 14.6 Å². The zero-order chi connectivity index (χ0) is 14.9. The predicted molar refractivity (Wildman–Crippen MR) is 82.4 cm³/mol. The number of rotatable bonds is 2. The molecule has 0 unspecified atom stereocenters. The lowest BCUT2D eigenvalue weighted by atomic mass is 10.2. The summed E-state index contributed by atoms with van der Waals surface area (Å²) >= 11 is 0. The quantitative estimate of drug-likeness (QED) is 0.567. The summed E-state index contributed by atoms with van der Waals surface area (Å²) < 4.78 is 1.79. The van der Waals surface area contributed by atoms with Crippen LogP contribution in [0.4, 0.5) is 0 Å². The van der Waals surface area contributed by atoms with E-state index in [-0.39, 0.29) is 0 Å². The Morgan fingerprint density at radius 3 is 2.82 bits per heavy atom. The zero-order valence-electron chi connectivity index (χ0n) is 11.9. The van der Waals surface area contributed by atoms with E-state index in [1.165, 1.54) is 0 Å². The van der Waals surface area contributed by atoms with E-state index in [0.717, 1.165) is 28.0 Å². The summed E-state index contributed by atoms with van der Waals surface area (Å²) in [5.41, 5.74) is 3.38. The molecule has 0 fully saturated rings.